The molecule has 1 atom stereocenters. The number of benzene rings is 1. The molecular weight excluding hydrogens is 302 g/mol. The Hall–Kier alpha value is -1.24. The Bertz CT molecular complexity index is 498. The van der Waals surface area contributed by atoms with Gasteiger partial charge < -0.3 is 15.4 Å². The van der Waals surface area contributed by atoms with E-state index in [1.165, 1.54) is 19.2 Å². The highest BCUT2D eigenvalue weighted by Gasteiger charge is 2.35. The van der Waals surface area contributed by atoms with Crippen molar-refractivity contribution < 1.29 is 18.3 Å². The molecule has 0 heterocycles. The number of hydrogen-bond donors (Lipinski definition) is 1. The molecule has 21 heavy (non-hydrogen) atoms. The van der Waals surface area contributed by atoms with Gasteiger partial charge in [-0.1, -0.05) is 6.07 Å². The van der Waals surface area contributed by atoms with Gasteiger partial charge in [-0.25, -0.2) is 8.78 Å². The van der Waals surface area contributed by atoms with E-state index in [9.17, 15) is 13.6 Å². The lowest BCUT2D eigenvalue weighted by Crippen LogP contribution is -2.46. The van der Waals surface area contributed by atoms with E-state index in [0.717, 1.165) is 18.9 Å². The number of carbonyl (C=O) groups is 1. The standard InChI is InChI=1S/C14H18F2N2O2.ClH/c1-20-8-13(17)14(19)18(11-4-5-11)7-9-2-3-10(15)6-12(9)16;/h2-3,6,11,13H,4-5,7-8,17H2,1H3;1H. The summed E-state index contributed by atoms with van der Waals surface area (Å²) in [6.07, 6.45) is 1.77. The van der Waals surface area contributed by atoms with Crippen LogP contribution in [0.4, 0.5) is 8.78 Å². The van der Waals surface area contributed by atoms with Crippen LogP contribution in [0.5, 0.6) is 0 Å². The van der Waals surface area contributed by atoms with Crippen LogP contribution in [0.15, 0.2) is 18.2 Å². The van der Waals surface area contributed by atoms with Gasteiger partial charge in [-0.15, -0.1) is 12.4 Å². The van der Waals surface area contributed by atoms with E-state index in [1.54, 1.807) is 4.90 Å². The molecule has 4 nitrogen and oxygen atoms in total. The van der Waals surface area contributed by atoms with Crippen LogP contribution in [-0.2, 0) is 16.1 Å². The summed E-state index contributed by atoms with van der Waals surface area (Å²) in [7, 11) is 1.47. The van der Waals surface area contributed by atoms with E-state index >= 15 is 0 Å². The molecule has 7 heteroatoms. The molecule has 0 saturated heterocycles. The van der Waals surface area contributed by atoms with Crippen molar-refractivity contribution >= 4 is 18.3 Å². The van der Waals surface area contributed by atoms with E-state index in [-0.39, 0.29) is 43.1 Å². The molecule has 118 valence electrons. The normalized spacial score (nSPS) is 15.2. The van der Waals surface area contributed by atoms with Crippen molar-refractivity contribution in [3.8, 4) is 0 Å². The quantitative estimate of drug-likeness (QED) is 0.870. The molecule has 1 aromatic rings. The van der Waals surface area contributed by atoms with Gasteiger partial charge in [-0.2, -0.15) is 0 Å². The van der Waals surface area contributed by atoms with Crippen LogP contribution in [0.3, 0.4) is 0 Å². The first-order chi connectivity index (χ1) is 9.52. The summed E-state index contributed by atoms with van der Waals surface area (Å²) in [4.78, 5) is 13.8. The minimum atomic E-state index is -0.760. The maximum atomic E-state index is 13.7. The molecule has 0 aromatic heterocycles. The second-order valence-corrected chi connectivity index (χ2v) is 4.99. The second-order valence-electron chi connectivity index (χ2n) is 4.99. The number of carbonyl (C=O) groups excluding carboxylic acids is 1. The average molecular weight is 321 g/mol. The largest absolute Gasteiger partial charge is 0.383 e. The van der Waals surface area contributed by atoms with Gasteiger partial charge in [-0.05, 0) is 18.9 Å². The zero-order chi connectivity index (χ0) is 14.7. The lowest BCUT2D eigenvalue weighted by atomic mass is 10.1. The molecule has 1 aliphatic rings. The maximum Gasteiger partial charge on any atom is 0.242 e. The van der Waals surface area contributed by atoms with Gasteiger partial charge in [0, 0.05) is 31.3 Å². The number of rotatable bonds is 6. The average Bonchev–Trinajstić information content (AvgIpc) is 3.22. The highest BCUT2D eigenvalue weighted by Crippen LogP contribution is 2.29. The Balaban J connectivity index is 0.00000220. The zero-order valence-corrected chi connectivity index (χ0v) is 12.5. The summed E-state index contributed by atoms with van der Waals surface area (Å²) in [5, 5.41) is 0. The number of methoxy groups -OCH3 is 1. The minimum absolute atomic E-state index is 0. The Morgan fingerprint density at radius 3 is 2.67 bits per heavy atom. The zero-order valence-electron chi connectivity index (χ0n) is 11.7. The molecule has 0 spiro atoms. The molecule has 1 aliphatic carbocycles. The van der Waals surface area contributed by atoms with Crippen LogP contribution >= 0.6 is 12.4 Å². The fourth-order valence-corrected chi connectivity index (χ4v) is 2.07. The summed E-state index contributed by atoms with van der Waals surface area (Å²) in [5.41, 5.74) is 6.03. The van der Waals surface area contributed by atoms with Crippen molar-refractivity contribution in [2.75, 3.05) is 13.7 Å². The summed E-state index contributed by atoms with van der Waals surface area (Å²) in [6.45, 7) is 0.223. The first-order valence-electron chi connectivity index (χ1n) is 6.52. The number of halogens is 3. The fourth-order valence-electron chi connectivity index (χ4n) is 2.07. The topological polar surface area (TPSA) is 55.6 Å². The van der Waals surface area contributed by atoms with Crippen molar-refractivity contribution in [3.05, 3.63) is 35.4 Å². The molecule has 2 rings (SSSR count). The number of nitrogens with zero attached hydrogens (tertiary/aromatic N) is 1. The summed E-state index contributed by atoms with van der Waals surface area (Å²) < 4.78 is 31.4. The Morgan fingerprint density at radius 2 is 2.14 bits per heavy atom. The molecule has 0 aliphatic heterocycles. The molecule has 1 unspecified atom stereocenters. The number of amides is 1. The van der Waals surface area contributed by atoms with Crippen molar-refractivity contribution in [1.82, 2.24) is 4.90 Å². The fraction of sp³-hybridized carbons (Fsp3) is 0.500. The second kappa shape index (κ2) is 7.68. The first-order valence-corrected chi connectivity index (χ1v) is 6.52. The molecule has 1 fully saturated rings. The van der Waals surface area contributed by atoms with E-state index in [0.29, 0.717) is 0 Å². The molecule has 1 amide bonds. The third-order valence-electron chi connectivity index (χ3n) is 3.29. The van der Waals surface area contributed by atoms with E-state index in [1.807, 2.05) is 0 Å². The van der Waals surface area contributed by atoms with Crippen molar-refractivity contribution in [3.63, 3.8) is 0 Å². The van der Waals surface area contributed by atoms with Gasteiger partial charge >= 0.3 is 0 Å². The van der Waals surface area contributed by atoms with E-state index < -0.39 is 17.7 Å². The number of nitrogens with two attached hydrogens (primary N) is 1. The van der Waals surface area contributed by atoms with Gasteiger partial charge in [-0.3, -0.25) is 4.79 Å². The number of hydrogen-bond acceptors (Lipinski definition) is 3. The highest BCUT2D eigenvalue weighted by atomic mass is 35.5. The minimum Gasteiger partial charge on any atom is -0.383 e. The summed E-state index contributed by atoms with van der Waals surface area (Å²) in [5.74, 6) is -1.55. The Morgan fingerprint density at radius 1 is 1.48 bits per heavy atom. The van der Waals surface area contributed by atoms with E-state index in [2.05, 4.69) is 0 Å². The van der Waals surface area contributed by atoms with E-state index in [4.69, 9.17) is 10.5 Å². The third kappa shape index (κ3) is 4.62. The lowest BCUT2D eigenvalue weighted by Gasteiger charge is -2.25. The van der Waals surface area contributed by atoms with Crippen LogP contribution in [0, 0.1) is 11.6 Å². The summed E-state index contributed by atoms with van der Waals surface area (Å²) >= 11 is 0. The van der Waals surface area contributed by atoms with Crippen LogP contribution in [0.1, 0.15) is 18.4 Å². The number of ether oxygens (including phenoxy) is 1. The van der Waals surface area contributed by atoms with Crippen LogP contribution in [0.25, 0.3) is 0 Å². The van der Waals surface area contributed by atoms with Gasteiger partial charge in [0.2, 0.25) is 5.91 Å². The van der Waals surface area contributed by atoms with Gasteiger partial charge in [0.25, 0.3) is 0 Å². The van der Waals surface area contributed by atoms with Crippen molar-refractivity contribution in [2.45, 2.75) is 31.5 Å². The molecular formula is C14H19ClF2N2O2. The SMILES string of the molecule is COCC(N)C(=O)N(Cc1ccc(F)cc1F)C1CC1.Cl. The van der Waals surface area contributed by atoms with Crippen LogP contribution in [-0.4, -0.2) is 36.6 Å². The highest BCUT2D eigenvalue weighted by molar-refractivity contribution is 5.85. The van der Waals surface area contributed by atoms with Gasteiger partial charge in [0.15, 0.2) is 0 Å². The summed E-state index contributed by atoms with van der Waals surface area (Å²) in [6, 6.07) is 2.69. The smallest absolute Gasteiger partial charge is 0.242 e. The van der Waals surface area contributed by atoms with Crippen LogP contribution in [0.2, 0.25) is 0 Å². The monoisotopic (exact) mass is 320 g/mol. The molecule has 0 radical (unpaired) electrons. The predicted molar refractivity (Wildman–Crippen MR) is 77.0 cm³/mol. The maximum absolute atomic E-state index is 13.7. The van der Waals surface area contributed by atoms with Crippen molar-refractivity contribution in [1.29, 1.82) is 0 Å². The van der Waals surface area contributed by atoms with Gasteiger partial charge in [0.05, 0.1) is 6.61 Å². The Labute approximate surface area is 128 Å². The molecule has 0 bridgehead atoms. The molecule has 2 N–H and O–H groups in total. The molecule has 1 saturated carbocycles. The third-order valence-corrected chi connectivity index (χ3v) is 3.29. The lowest BCUT2D eigenvalue weighted by molar-refractivity contribution is -0.135. The molecule has 1 aromatic carbocycles. The first kappa shape index (κ1) is 17.8. The van der Waals surface area contributed by atoms with Crippen LogP contribution < -0.4 is 5.73 Å². The Kier molecular flexibility index (Phi) is 6.51. The predicted octanol–water partition coefficient (Wildman–Crippen LogP) is 1.85. The van der Waals surface area contributed by atoms with Gasteiger partial charge in [0.1, 0.15) is 17.7 Å². The van der Waals surface area contributed by atoms with Crippen molar-refractivity contribution in [2.24, 2.45) is 5.73 Å².